The molecule has 0 bridgehead atoms. The Balaban J connectivity index is 1.25. The molecule has 1 unspecified atom stereocenters. The first-order valence-electron chi connectivity index (χ1n) is 10.9. The molecule has 0 aromatic heterocycles. The van der Waals surface area contributed by atoms with E-state index in [0.717, 1.165) is 22.3 Å². The van der Waals surface area contributed by atoms with Crippen LogP contribution in [0.15, 0.2) is 48.5 Å². The third kappa shape index (κ3) is 3.15. The molecule has 3 aliphatic rings. The molecule has 7 heteroatoms. The van der Waals surface area contributed by atoms with Crippen molar-refractivity contribution in [2.45, 2.75) is 44.2 Å². The highest BCUT2D eigenvalue weighted by Gasteiger charge is 2.61. The standard InChI is InChI=1S/C25H26N2O5/c1-24(2)14-27(20(24)21(28)29)22(30)25(11-12-25)26-23(31)32-13-19-17-9-5-3-7-15(17)16-8-4-6-10-18(16)19/h3-10,19-20H,11-14H2,1-2H3,(H,26,31)(H,28,29). The number of likely N-dealkylation sites (tertiary alicyclic amines) is 1. The lowest BCUT2D eigenvalue weighted by Crippen LogP contribution is -2.70. The number of nitrogens with one attached hydrogen (secondary N) is 1. The molecule has 2 aromatic rings. The Morgan fingerprint density at radius 3 is 2.09 bits per heavy atom. The summed E-state index contributed by atoms with van der Waals surface area (Å²) in [6, 6.07) is 15.3. The van der Waals surface area contributed by atoms with Gasteiger partial charge in [0.05, 0.1) is 0 Å². The van der Waals surface area contributed by atoms with Gasteiger partial charge in [-0.15, -0.1) is 0 Å². The number of carbonyl (C=O) groups is 3. The molecule has 1 saturated carbocycles. The molecular formula is C25H26N2O5. The van der Waals surface area contributed by atoms with Crippen LogP contribution in [-0.2, 0) is 14.3 Å². The van der Waals surface area contributed by atoms with E-state index < -0.39 is 29.1 Å². The van der Waals surface area contributed by atoms with Gasteiger partial charge in [0.15, 0.2) is 0 Å². The molecule has 1 saturated heterocycles. The zero-order valence-corrected chi connectivity index (χ0v) is 18.1. The fraction of sp³-hybridized carbons (Fsp3) is 0.400. The number of hydrogen-bond acceptors (Lipinski definition) is 4. The van der Waals surface area contributed by atoms with Gasteiger partial charge in [-0.25, -0.2) is 9.59 Å². The van der Waals surface area contributed by atoms with Gasteiger partial charge in [0.2, 0.25) is 5.91 Å². The molecule has 2 fully saturated rings. The van der Waals surface area contributed by atoms with E-state index in [4.69, 9.17) is 4.74 Å². The molecule has 5 rings (SSSR count). The van der Waals surface area contributed by atoms with Gasteiger partial charge >= 0.3 is 12.1 Å². The maximum Gasteiger partial charge on any atom is 0.408 e. The van der Waals surface area contributed by atoms with Crippen LogP contribution in [0.1, 0.15) is 43.7 Å². The molecule has 32 heavy (non-hydrogen) atoms. The molecule has 2 amide bonds. The highest BCUT2D eigenvalue weighted by atomic mass is 16.5. The molecule has 2 aliphatic carbocycles. The molecule has 1 heterocycles. The van der Waals surface area contributed by atoms with E-state index >= 15 is 0 Å². The number of carbonyl (C=O) groups excluding carboxylic acids is 2. The average Bonchev–Trinajstić information content (AvgIpc) is 3.45. The maximum absolute atomic E-state index is 13.0. The summed E-state index contributed by atoms with van der Waals surface area (Å²) < 4.78 is 5.58. The molecule has 1 aliphatic heterocycles. The molecule has 2 N–H and O–H groups in total. The van der Waals surface area contributed by atoms with Gasteiger partial charge in [-0.1, -0.05) is 62.4 Å². The van der Waals surface area contributed by atoms with Gasteiger partial charge in [0.1, 0.15) is 18.2 Å². The van der Waals surface area contributed by atoms with Crippen molar-refractivity contribution in [2.24, 2.45) is 5.41 Å². The van der Waals surface area contributed by atoms with Gasteiger partial charge in [0.25, 0.3) is 0 Å². The Morgan fingerprint density at radius 2 is 1.59 bits per heavy atom. The Hall–Kier alpha value is -3.35. The average molecular weight is 434 g/mol. The zero-order chi connectivity index (χ0) is 22.7. The summed E-state index contributed by atoms with van der Waals surface area (Å²) in [6.07, 6.45) is 0.322. The van der Waals surface area contributed by atoms with Crippen LogP contribution in [0.3, 0.4) is 0 Å². The topological polar surface area (TPSA) is 95.9 Å². The Bertz CT molecular complexity index is 1080. The number of carboxylic acids is 1. The van der Waals surface area contributed by atoms with Gasteiger partial charge in [-0.05, 0) is 35.1 Å². The molecular weight excluding hydrogens is 408 g/mol. The van der Waals surface area contributed by atoms with E-state index in [1.165, 1.54) is 4.90 Å². The van der Waals surface area contributed by atoms with Gasteiger partial charge in [-0.3, -0.25) is 4.79 Å². The summed E-state index contributed by atoms with van der Waals surface area (Å²) in [5, 5.41) is 12.2. The summed E-state index contributed by atoms with van der Waals surface area (Å²) >= 11 is 0. The lowest BCUT2D eigenvalue weighted by molar-refractivity contribution is -0.173. The van der Waals surface area contributed by atoms with Gasteiger partial charge in [0, 0.05) is 17.9 Å². The summed E-state index contributed by atoms with van der Waals surface area (Å²) in [6.45, 7) is 4.18. The quantitative estimate of drug-likeness (QED) is 0.752. The third-order valence-electron chi connectivity index (χ3n) is 6.97. The van der Waals surface area contributed by atoms with E-state index in [-0.39, 0.29) is 18.4 Å². The van der Waals surface area contributed by atoms with E-state index in [1.807, 2.05) is 50.2 Å². The van der Waals surface area contributed by atoms with Crippen molar-refractivity contribution in [3.05, 3.63) is 59.7 Å². The minimum absolute atomic E-state index is 0.0634. The first kappa shape index (κ1) is 20.5. The third-order valence-corrected chi connectivity index (χ3v) is 6.97. The van der Waals surface area contributed by atoms with Crippen LogP contribution in [0.2, 0.25) is 0 Å². The van der Waals surface area contributed by atoms with Crippen molar-refractivity contribution < 1.29 is 24.2 Å². The molecule has 166 valence electrons. The monoisotopic (exact) mass is 434 g/mol. The van der Waals surface area contributed by atoms with Crippen molar-refractivity contribution in [3.63, 3.8) is 0 Å². The number of aliphatic carboxylic acids is 1. The summed E-state index contributed by atoms with van der Waals surface area (Å²) in [5.41, 5.74) is 2.99. The van der Waals surface area contributed by atoms with E-state index in [2.05, 4.69) is 17.4 Å². The summed E-state index contributed by atoms with van der Waals surface area (Å²) in [5.74, 6) is -1.42. The Morgan fingerprint density at radius 1 is 1.03 bits per heavy atom. The van der Waals surface area contributed by atoms with Crippen molar-refractivity contribution in [2.75, 3.05) is 13.2 Å². The lowest BCUT2D eigenvalue weighted by Gasteiger charge is -2.52. The van der Waals surface area contributed by atoms with Crippen LogP contribution in [0.4, 0.5) is 4.79 Å². The number of amides is 2. The van der Waals surface area contributed by atoms with Gasteiger partial charge < -0.3 is 20.1 Å². The molecule has 0 radical (unpaired) electrons. The fourth-order valence-electron chi connectivity index (χ4n) is 5.20. The molecule has 0 spiro atoms. The second kappa shape index (κ2) is 7.08. The number of nitrogens with zero attached hydrogens (tertiary/aromatic N) is 1. The summed E-state index contributed by atoms with van der Waals surface area (Å²) in [4.78, 5) is 38.6. The maximum atomic E-state index is 13.0. The van der Waals surface area contributed by atoms with Crippen LogP contribution in [0.25, 0.3) is 11.1 Å². The second-order valence-electron chi connectivity index (χ2n) is 9.70. The zero-order valence-electron chi connectivity index (χ0n) is 18.1. The highest BCUT2D eigenvalue weighted by molar-refractivity contribution is 5.96. The van der Waals surface area contributed by atoms with Crippen LogP contribution in [0.5, 0.6) is 0 Å². The normalized spacial score (nSPS) is 21.7. The van der Waals surface area contributed by atoms with E-state index in [1.54, 1.807) is 0 Å². The fourth-order valence-corrected chi connectivity index (χ4v) is 5.20. The number of benzene rings is 2. The summed E-state index contributed by atoms with van der Waals surface area (Å²) in [7, 11) is 0. The first-order valence-corrected chi connectivity index (χ1v) is 10.9. The van der Waals surface area contributed by atoms with Crippen molar-refractivity contribution in [1.29, 1.82) is 0 Å². The lowest BCUT2D eigenvalue weighted by atomic mass is 9.74. The van der Waals surface area contributed by atoms with Gasteiger partial charge in [-0.2, -0.15) is 0 Å². The van der Waals surface area contributed by atoms with Crippen LogP contribution in [-0.4, -0.2) is 52.7 Å². The number of ether oxygens (including phenoxy) is 1. The van der Waals surface area contributed by atoms with Crippen molar-refractivity contribution >= 4 is 18.0 Å². The second-order valence-corrected chi connectivity index (χ2v) is 9.70. The van der Waals surface area contributed by atoms with Crippen LogP contribution in [0, 0.1) is 5.41 Å². The number of fused-ring (bicyclic) bond motifs is 3. The Labute approximate surface area is 186 Å². The first-order chi connectivity index (χ1) is 15.2. The van der Waals surface area contributed by atoms with Crippen LogP contribution >= 0.6 is 0 Å². The smallest absolute Gasteiger partial charge is 0.408 e. The predicted octanol–water partition coefficient (Wildman–Crippen LogP) is 3.38. The number of rotatable bonds is 5. The van der Waals surface area contributed by atoms with E-state index in [0.29, 0.717) is 19.4 Å². The minimum atomic E-state index is -1.05. The predicted molar refractivity (Wildman–Crippen MR) is 117 cm³/mol. The SMILES string of the molecule is CC1(C)CN(C(=O)C2(NC(=O)OCC3c4ccccc4-c4ccccc43)CC2)C1C(=O)O. The number of hydrogen-bond donors (Lipinski definition) is 2. The minimum Gasteiger partial charge on any atom is -0.480 e. The van der Waals surface area contributed by atoms with E-state index in [9.17, 15) is 19.5 Å². The number of alkyl carbamates (subject to hydrolysis) is 1. The highest BCUT2D eigenvalue weighted by Crippen LogP contribution is 2.46. The molecule has 2 aromatic carbocycles. The Kier molecular flexibility index (Phi) is 4.55. The number of carboxylic acid groups (broad SMARTS) is 1. The largest absolute Gasteiger partial charge is 0.480 e. The van der Waals surface area contributed by atoms with Crippen molar-refractivity contribution in [1.82, 2.24) is 10.2 Å². The van der Waals surface area contributed by atoms with Crippen LogP contribution < -0.4 is 5.32 Å². The van der Waals surface area contributed by atoms with Crippen molar-refractivity contribution in [3.8, 4) is 11.1 Å². The molecule has 1 atom stereocenters. The molecule has 7 nitrogen and oxygen atoms in total.